The molecule has 0 amide bonds. The molecule has 0 spiro atoms. The van der Waals surface area contributed by atoms with Crippen LogP contribution in [0.2, 0.25) is 0 Å². The first-order chi connectivity index (χ1) is 10.0. The lowest BCUT2D eigenvalue weighted by atomic mass is 10.0. The number of unbranched alkanes of at least 4 members (excludes halogenated alkanes) is 7. The van der Waals surface area contributed by atoms with Crippen LogP contribution in [0.1, 0.15) is 97.3 Å². The van der Waals surface area contributed by atoms with Crippen LogP contribution in [0.5, 0.6) is 0 Å². The van der Waals surface area contributed by atoms with Gasteiger partial charge in [-0.25, -0.2) is 0 Å². The maximum absolute atomic E-state index is 10.3. The van der Waals surface area contributed by atoms with E-state index in [2.05, 4.69) is 13.8 Å². The zero-order chi connectivity index (χ0) is 15.9. The van der Waals surface area contributed by atoms with E-state index in [1.165, 1.54) is 32.1 Å². The zero-order valence-corrected chi connectivity index (χ0v) is 14.1. The van der Waals surface area contributed by atoms with E-state index >= 15 is 0 Å². The van der Waals surface area contributed by atoms with Gasteiger partial charge in [0.25, 0.3) is 0 Å². The van der Waals surface area contributed by atoms with Crippen LogP contribution in [-0.2, 0) is 4.79 Å². The summed E-state index contributed by atoms with van der Waals surface area (Å²) in [6, 6.07) is 0. The van der Waals surface area contributed by atoms with Crippen molar-refractivity contribution in [2.24, 2.45) is 5.92 Å². The molecule has 0 saturated carbocycles. The molecule has 0 fully saturated rings. The van der Waals surface area contributed by atoms with Crippen LogP contribution in [0.25, 0.3) is 0 Å². The number of aliphatic hydroxyl groups is 1. The highest BCUT2D eigenvalue weighted by Crippen LogP contribution is 2.14. The van der Waals surface area contributed by atoms with Crippen LogP contribution < -0.4 is 0 Å². The second-order valence-electron chi connectivity index (χ2n) is 6.74. The first kappa shape index (κ1) is 20.4. The van der Waals surface area contributed by atoms with Gasteiger partial charge in [0.15, 0.2) is 0 Å². The van der Waals surface area contributed by atoms with Crippen LogP contribution in [0, 0.1) is 5.92 Å². The van der Waals surface area contributed by atoms with Crippen LogP contribution in [0.15, 0.2) is 0 Å². The lowest BCUT2D eigenvalue weighted by Gasteiger charge is -2.11. The number of aliphatic carboxylic acids is 1. The third-order valence-electron chi connectivity index (χ3n) is 4.00. The molecular weight excluding hydrogens is 264 g/mol. The summed E-state index contributed by atoms with van der Waals surface area (Å²) in [5.41, 5.74) is 0. The van der Waals surface area contributed by atoms with Crippen molar-refractivity contribution in [3.05, 3.63) is 0 Å². The largest absolute Gasteiger partial charge is 0.481 e. The monoisotopic (exact) mass is 300 g/mol. The Morgan fingerprint density at radius 1 is 0.762 bits per heavy atom. The highest BCUT2D eigenvalue weighted by molar-refractivity contribution is 5.66. The summed E-state index contributed by atoms with van der Waals surface area (Å²) in [6.07, 6.45) is 13.6. The molecule has 0 radical (unpaired) electrons. The average Bonchev–Trinajstić information content (AvgIpc) is 2.40. The Morgan fingerprint density at radius 3 is 1.76 bits per heavy atom. The van der Waals surface area contributed by atoms with Gasteiger partial charge in [-0.1, -0.05) is 71.6 Å². The van der Waals surface area contributed by atoms with Crippen molar-refractivity contribution < 1.29 is 15.0 Å². The molecule has 2 N–H and O–H groups in total. The molecule has 1 atom stereocenters. The van der Waals surface area contributed by atoms with Gasteiger partial charge in [0.1, 0.15) is 0 Å². The summed E-state index contributed by atoms with van der Waals surface area (Å²) >= 11 is 0. The van der Waals surface area contributed by atoms with Crippen molar-refractivity contribution in [3.63, 3.8) is 0 Å². The maximum Gasteiger partial charge on any atom is 0.303 e. The van der Waals surface area contributed by atoms with Gasteiger partial charge in [0.05, 0.1) is 6.10 Å². The predicted molar refractivity (Wildman–Crippen MR) is 88.5 cm³/mol. The molecule has 0 bridgehead atoms. The van der Waals surface area contributed by atoms with Gasteiger partial charge in [0, 0.05) is 6.42 Å². The Kier molecular flexibility index (Phi) is 14.0. The number of hydrogen-bond donors (Lipinski definition) is 2. The Balaban J connectivity index is 3.15. The first-order valence-electron chi connectivity index (χ1n) is 8.92. The molecule has 3 nitrogen and oxygen atoms in total. The topological polar surface area (TPSA) is 57.5 Å². The predicted octanol–water partition coefficient (Wildman–Crippen LogP) is 5.16. The molecule has 21 heavy (non-hydrogen) atoms. The average molecular weight is 300 g/mol. The van der Waals surface area contributed by atoms with Gasteiger partial charge in [-0.2, -0.15) is 0 Å². The highest BCUT2D eigenvalue weighted by Gasteiger charge is 2.04. The van der Waals surface area contributed by atoms with E-state index in [9.17, 15) is 9.90 Å². The normalized spacial score (nSPS) is 12.8. The van der Waals surface area contributed by atoms with E-state index in [1.54, 1.807) is 0 Å². The lowest BCUT2D eigenvalue weighted by molar-refractivity contribution is -0.137. The van der Waals surface area contributed by atoms with Crippen molar-refractivity contribution >= 4 is 5.97 Å². The van der Waals surface area contributed by atoms with E-state index in [4.69, 9.17) is 5.11 Å². The Labute approximate surface area is 131 Å². The van der Waals surface area contributed by atoms with Crippen molar-refractivity contribution in [1.29, 1.82) is 0 Å². The number of carboxylic acids is 1. The quantitative estimate of drug-likeness (QED) is 0.411. The van der Waals surface area contributed by atoms with Crippen LogP contribution in [0.3, 0.4) is 0 Å². The summed E-state index contributed by atoms with van der Waals surface area (Å²) in [5.74, 6) is 0.0645. The van der Waals surface area contributed by atoms with Gasteiger partial charge < -0.3 is 10.2 Å². The lowest BCUT2D eigenvalue weighted by Crippen LogP contribution is -2.06. The molecule has 0 aromatic rings. The first-order valence-corrected chi connectivity index (χ1v) is 8.92. The van der Waals surface area contributed by atoms with Crippen molar-refractivity contribution in [2.75, 3.05) is 0 Å². The summed E-state index contributed by atoms with van der Waals surface area (Å²) in [6.45, 7) is 4.46. The third kappa shape index (κ3) is 17.4. The van der Waals surface area contributed by atoms with Crippen molar-refractivity contribution in [2.45, 2.75) is 103 Å². The van der Waals surface area contributed by atoms with Gasteiger partial charge in [-0.05, 0) is 25.2 Å². The Hall–Kier alpha value is -0.570. The third-order valence-corrected chi connectivity index (χ3v) is 4.00. The number of hydrogen-bond acceptors (Lipinski definition) is 2. The van der Waals surface area contributed by atoms with Crippen molar-refractivity contribution in [1.82, 2.24) is 0 Å². The number of aliphatic hydroxyl groups excluding tert-OH is 1. The molecule has 0 aliphatic rings. The summed E-state index contributed by atoms with van der Waals surface area (Å²) in [5, 5.41) is 18.4. The number of carboxylic acid groups (broad SMARTS) is 1. The Bertz CT molecular complexity index is 239. The molecule has 126 valence electrons. The summed E-state index contributed by atoms with van der Waals surface area (Å²) < 4.78 is 0. The molecule has 1 unspecified atom stereocenters. The molecule has 0 heterocycles. The summed E-state index contributed by atoms with van der Waals surface area (Å²) in [7, 11) is 0. The second kappa shape index (κ2) is 14.4. The molecule has 0 aromatic heterocycles. The molecule has 3 heteroatoms. The van der Waals surface area contributed by atoms with Crippen LogP contribution in [0.4, 0.5) is 0 Å². The van der Waals surface area contributed by atoms with Gasteiger partial charge in [-0.3, -0.25) is 4.79 Å². The van der Waals surface area contributed by atoms with Gasteiger partial charge in [0.2, 0.25) is 0 Å². The second-order valence-corrected chi connectivity index (χ2v) is 6.74. The van der Waals surface area contributed by atoms with Gasteiger partial charge in [-0.15, -0.1) is 0 Å². The zero-order valence-electron chi connectivity index (χ0n) is 14.1. The summed E-state index contributed by atoms with van der Waals surface area (Å²) in [4.78, 5) is 10.3. The van der Waals surface area contributed by atoms with E-state index in [0.29, 0.717) is 6.42 Å². The fraction of sp³-hybridized carbons (Fsp3) is 0.944. The van der Waals surface area contributed by atoms with E-state index in [1.807, 2.05) is 0 Å². The standard InChI is InChI=1S/C18H36O3/c1-16(2)12-11-14-17(19)13-9-7-5-3-4-6-8-10-15-18(20)21/h16-17,19H,3-15H2,1-2H3,(H,20,21). The van der Waals surface area contributed by atoms with E-state index in [0.717, 1.165) is 50.9 Å². The fourth-order valence-electron chi connectivity index (χ4n) is 2.62. The molecule has 0 rings (SSSR count). The molecule has 0 aliphatic heterocycles. The fourth-order valence-corrected chi connectivity index (χ4v) is 2.62. The molecule has 0 aromatic carbocycles. The van der Waals surface area contributed by atoms with Gasteiger partial charge >= 0.3 is 5.97 Å². The van der Waals surface area contributed by atoms with E-state index in [-0.39, 0.29) is 6.10 Å². The van der Waals surface area contributed by atoms with Crippen molar-refractivity contribution in [3.8, 4) is 0 Å². The minimum atomic E-state index is -0.679. The minimum Gasteiger partial charge on any atom is -0.481 e. The highest BCUT2D eigenvalue weighted by atomic mass is 16.4. The number of rotatable bonds is 15. The molecular formula is C18H36O3. The van der Waals surface area contributed by atoms with Crippen LogP contribution in [-0.4, -0.2) is 22.3 Å². The number of carbonyl (C=O) groups is 1. The van der Waals surface area contributed by atoms with Crippen LogP contribution >= 0.6 is 0 Å². The SMILES string of the molecule is CC(C)CCCC(O)CCCCCCCCCCC(=O)O. The molecule has 0 aliphatic carbocycles. The Morgan fingerprint density at radius 2 is 1.24 bits per heavy atom. The smallest absolute Gasteiger partial charge is 0.303 e. The molecule has 0 saturated heterocycles. The van der Waals surface area contributed by atoms with E-state index < -0.39 is 5.97 Å². The maximum atomic E-state index is 10.3. The minimum absolute atomic E-state index is 0.0974.